The van der Waals surface area contributed by atoms with E-state index in [4.69, 9.17) is 4.74 Å². The smallest absolute Gasteiger partial charge is 0.416 e. The molecule has 0 bridgehead atoms. The highest BCUT2D eigenvalue weighted by Gasteiger charge is 2.46. The number of benzene rings is 2. The van der Waals surface area contributed by atoms with Crippen molar-refractivity contribution in [3.63, 3.8) is 0 Å². The molecule has 1 saturated carbocycles. The van der Waals surface area contributed by atoms with Crippen LogP contribution in [0.5, 0.6) is 0 Å². The Bertz CT molecular complexity index is 881. The topological polar surface area (TPSA) is 63.7 Å². The van der Waals surface area contributed by atoms with Gasteiger partial charge in [0.25, 0.3) is 0 Å². The SMILES string of the molecule is O=C1OCCN1C(=O)C(CC1CCCCC1)P(=O)(c1ccccc1)c1ccccc1. The van der Waals surface area contributed by atoms with E-state index in [0.29, 0.717) is 22.9 Å². The summed E-state index contributed by atoms with van der Waals surface area (Å²) in [5, 5.41) is 1.33. The molecular weight excluding hydrogens is 397 g/mol. The van der Waals surface area contributed by atoms with Gasteiger partial charge in [-0.05, 0) is 12.3 Å². The number of hydrogen-bond donors (Lipinski definition) is 0. The number of hydrogen-bond acceptors (Lipinski definition) is 4. The molecule has 1 aliphatic carbocycles. The van der Waals surface area contributed by atoms with Crippen molar-refractivity contribution in [3.8, 4) is 0 Å². The molecule has 0 spiro atoms. The van der Waals surface area contributed by atoms with Crippen LogP contribution in [0, 0.1) is 5.92 Å². The Morgan fingerprint density at radius 1 is 0.967 bits per heavy atom. The first-order chi connectivity index (χ1) is 14.6. The lowest BCUT2D eigenvalue weighted by Gasteiger charge is -2.33. The second kappa shape index (κ2) is 9.18. The maximum absolute atomic E-state index is 14.9. The predicted octanol–water partition coefficient (Wildman–Crippen LogP) is 4.32. The van der Waals surface area contributed by atoms with Crippen LogP contribution in [0.3, 0.4) is 0 Å². The molecule has 30 heavy (non-hydrogen) atoms. The Morgan fingerprint density at radius 2 is 1.53 bits per heavy atom. The van der Waals surface area contributed by atoms with Crippen LogP contribution in [0.1, 0.15) is 38.5 Å². The number of imide groups is 1. The molecule has 4 rings (SSSR count). The largest absolute Gasteiger partial charge is 0.447 e. The Hall–Kier alpha value is -2.39. The van der Waals surface area contributed by atoms with E-state index in [-0.39, 0.29) is 19.1 Å². The third-order valence-corrected chi connectivity index (χ3v) is 9.75. The van der Waals surface area contributed by atoms with Crippen molar-refractivity contribution in [2.24, 2.45) is 5.92 Å². The van der Waals surface area contributed by atoms with Crippen LogP contribution in [-0.2, 0) is 14.1 Å². The average molecular weight is 425 g/mol. The molecule has 1 unspecified atom stereocenters. The monoisotopic (exact) mass is 425 g/mol. The van der Waals surface area contributed by atoms with Gasteiger partial charge in [-0.1, -0.05) is 92.8 Å². The van der Waals surface area contributed by atoms with Gasteiger partial charge in [0.05, 0.1) is 6.54 Å². The van der Waals surface area contributed by atoms with Gasteiger partial charge in [-0.15, -0.1) is 0 Å². The fraction of sp³-hybridized carbons (Fsp3) is 0.417. The van der Waals surface area contributed by atoms with Crippen LogP contribution in [0.2, 0.25) is 0 Å². The fourth-order valence-corrected chi connectivity index (χ4v) is 8.02. The summed E-state index contributed by atoms with van der Waals surface area (Å²) < 4.78 is 19.9. The Kier molecular flexibility index (Phi) is 6.38. The van der Waals surface area contributed by atoms with Crippen molar-refractivity contribution in [2.75, 3.05) is 13.2 Å². The Balaban J connectivity index is 1.81. The first kappa shape index (κ1) is 20.9. The highest BCUT2D eigenvalue weighted by atomic mass is 31.2. The molecule has 2 fully saturated rings. The standard InChI is InChI=1S/C24H28NO4P/c26-23(25-16-17-29-24(25)27)22(18-19-10-4-1-5-11-19)30(28,20-12-6-2-7-13-20)21-14-8-3-9-15-21/h2-3,6-9,12-15,19,22H,1,4-5,10-11,16-18H2. The molecule has 158 valence electrons. The molecular formula is C24H28NO4P. The molecule has 1 heterocycles. The summed E-state index contributed by atoms with van der Waals surface area (Å²) in [6, 6.07) is 18.6. The van der Waals surface area contributed by atoms with E-state index in [9.17, 15) is 14.2 Å². The Morgan fingerprint density at radius 3 is 2.03 bits per heavy atom. The fourth-order valence-electron chi connectivity index (χ4n) is 4.72. The predicted molar refractivity (Wildman–Crippen MR) is 118 cm³/mol. The van der Waals surface area contributed by atoms with Crippen molar-refractivity contribution in [1.82, 2.24) is 4.90 Å². The van der Waals surface area contributed by atoms with Gasteiger partial charge in [-0.2, -0.15) is 0 Å². The number of rotatable bonds is 6. The maximum Gasteiger partial charge on any atom is 0.416 e. The van der Waals surface area contributed by atoms with Gasteiger partial charge in [-0.25, -0.2) is 9.69 Å². The van der Waals surface area contributed by atoms with Crippen LogP contribution < -0.4 is 10.6 Å². The van der Waals surface area contributed by atoms with E-state index in [1.165, 1.54) is 6.42 Å². The minimum absolute atomic E-state index is 0.196. The van der Waals surface area contributed by atoms with E-state index in [1.54, 1.807) is 0 Å². The number of carbonyl (C=O) groups excluding carboxylic acids is 2. The van der Waals surface area contributed by atoms with Gasteiger partial charge >= 0.3 is 6.09 Å². The highest BCUT2D eigenvalue weighted by molar-refractivity contribution is 7.80. The second-order valence-corrected chi connectivity index (χ2v) is 11.2. The highest BCUT2D eigenvalue weighted by Crippen LogP contribution is 2.52. The summed E-state index contributed by atoms with van der Waals surface area (Å²) in [7, 11) is -3.33. The molecule has 2 aromatic carbocycles. The zero-order chi connectivity index (χ0) is 21.0. The zero-order valence-corrected chi connectivity index (χ0v) is 18.0. The molecule has 0 radical (unpaired) electrons. The maximum atomic E-state index is 14.9. The van der Waals surface area contributed by atoms with Gasteiger partial charge in [0, 0.05) is 10.6 Å². The van der Waals surface area contributed by atoms with Crippen molar-refractivity contribution in [1.29, 1.82) is 0 Å². The number of cyclic esters (lactones) is 1. The quantitative estimate of drug-likeness (QED) is 0.647. The normalized spacial score (nSPS) is 18.8. The van der Waals surface area contributed by atoms with Crippen LogP contribution in [0.15, 0.2) is 60.7 Å². The van der Waals surface area contributed by atoms with Crippen LogP contribution in [0.4, 0.5) is 4.79 Å². The Labute approximate surface area is 177 Å². The van der Waals surface area contributed by atoms with Crippen molar-refractivity contribution in [2.45, 2.75) is 44.2 Å². The average Bonchev–Trinajstić information content (AvgIpc) is 3.24. The van der Waals surface area contributed by atoms with Gasteiger partial charge in [0.15, 0.2) is 7.14 Å². The first-order valence-electron chi connectivity index (χ1n) is 10.8. The molecule has 2 aliphatic rings. The molecule has 1 atom stereocenters. The van der Waals surface area contributed by atoms with E-state index in [0.717, 1.165) is 30.6 Å². The van der Waals surface area contributed by atoms with Gasteiger partial charge < -0.3 is 9.30 Å². The second-order valence-electron chi connectivity index (χ2n) is 8.19. The third-order valence-electron chi connectivity index (χ3n) is 6.31. The number of carbonyl (C=O) groups is 2. The third kappa shape index (κ3) is 4.09. The van der Waals surface area contributed by atoms with E-state index >= 15 is 0 Å². The van der Waals surface area contributed by atoms with Crippen molar-refractivity contribution >= 4 is 29.8 Å². The first-order valence-corrected chi connectivity index (χ1v) is 12.6. The molecule has 0 aromatic heterocycles. The summed E-state index contributed by atoms with van der Waals surface area (Å²) in [4.78, 5) is 27.0. The summed E-state index contributed by atoms with van der Waals surface area (Å²) >= 11 is 0. The van der Waals surface area contributed by atoms with Gasteiger partial charge in [0.2, 0.25) is 5.91 Å². The van der Waals surface area contributed by atoms with Gasteiger partial charge in [0.1, 0.15) is 12.3 Å². The van der Waals surface area contributed by atoms with E-state index < -0.39 is 18.9 Å². The van der Waals surface area contributed by atoms with Crippen molar-refractivity contribution in [3.05, 3.63) is 60.7 Å². The molecule has 6 heteroatoms. The molecule has 1 aliphatic heterocycles. The molecule has 2 aromatic rings. The number of nitrogens with zero attached hydrogens (tertiary/aromatic N) is 1. The minimum Gasteiger partial charge on any atom is -0.447 e. The lowest BCUT2D eigenvalue weighted by atomic mass is 9.86. The molecule has 5 nitrogen and oxygen atoms in total. The van der Waals surface area contributed by atoms with Crippen LogP contribution in [0.25, 0.3) is 0 Å². The summed E-state index contributed by atoms with van der Waals surface area (Å²) in [5.41, 5.74) is -0.768. The minimum atomic E-state index is -3.33. The molecule has 0 N–H and O–H groups in total. The summed E-state index contributed by atoms with van der Waals surface area (Å²) in [5.74, 6) is -0.0221. The zero-order valence-electron chi connectivity index (χ0n) is 17.1. The van der Waals surface area contributed by atoms with E-state index in [2.05, 4.69) is 0 Å². The number of ether oxygens (including phenoxy) is 1. The van der Waals surface area contributed by atoms with Gasteiger partial charge in [-0.3, -0.25) is 4.79 Å². The van der Waals surface area contributed by atoms with Crippen LogP contribution in [-0.4, -0.2) is 35.7 Å². The lowest BCUT2D eigenvalue weighted by Crippen LogP contribution is -2.44. The van der Waals surface area contributed by atoms with Crippen molar-refractivity contribution < 1.29 is 18.9 Å². The lowest BCUT2D eigenvalue weighted by molar-refractivity contribution is -0.127. The molecule has 1 saturated heterocycles. The van der Waals surface area contributed by atoms with Crippen LogP contribution >= 0.6 is 7.14 Å². The molecule has 2 amide bonds. The number of amides is 2. The summed E-state index contributed by atoms with van der Waals surface area (Å²) in [6.07, 6.45) is 5.47. The summed E-state index contributed by atoms with van der Waals surface area (Å²) in [6.45, 7) is 0.421. The van der Waals surface area contributed by atoms with E-state index in [1.807, 2.05) is 60.7 Å².